The second-order valence-electron chi connectivity index (χ2n) is 5.97. The zero-order chi connectivity index (χ0) is 17.1. The standard InChI is InChI=1S/C18H20N2O3S/c1-20(2)17(21)11-23-14-7-4-6-13(10-14)19-18(22)16-9-12-5-3-8-15(12)24-16/h4,6-7,9-10H,3,5,8,11H2,1-2H3,(H,19,22). The van der Waals surface area contributed by atoms with Crippen LogP contribution in [-0.2, 0) is 17.6 Å². The molecule has 1 aromatic carbocycles. The fourth-order valence-electron chi connectivity index (χ4n) is 2.57. The lowest BCUT2D eigenvalue weighted by molar-refractivity contribution is -0.130. The molecular weight excluding hydrogens is 324 g/mol. The summed E-state index contributed by atoms with van der Waals surface area (Å²) in [5.41, 5.74) is 1.97. The van der Waals surface area contributed by atoms with Crippen LogP contribution in [-0.4, -0.2) is 37.4 Å². The summed E-state index contributed by atoms with van der Waals surface area (Å²) in [4.78, 5) is 27.5. The van der Waals surface area contributed by atoms with Crippen molar-refractivity contribution in [1.82, 2.24) is 4.90 Å². The van der Waals surface area contributed by atoms with Crippen LogP contribution in [0.1, 0.15) is 26.5 Å². The first-order valence-corrected chi connectivity index (χ1v) is 8.70. The summed E-state index contributed by atoms with van der Waals surface area (Å²) < 4.78 is 5.47. The predicted molar refractivity (Wildman–Crippen MR) is 94.9 cm³/mol. The van der Waals surface area contributed by atoms with E-state index in [1.807, 2.05) is 6.07 Å². The van der Waals surface area contributed by atoms with E-state index in [4.69, 9.17) is 4.74 Å². The molecule has 0 saturated carbocycles. The molecule has 1 aliphatic rings. The van der Waals surface area contributed by atoms with Crippen LogP contribution < -0.4 is 10.1 Å². The van der Waals surface area contributed by atoms with Gasteiger partial charge in [-0.25, -0.2) is 0 Å². The van der Waals surface area contributed by atoms with Gasteiger partial charge in [-0.05, 0) is 43.0 Å². The van der Waals surface area contributed by atoms with E-state index in [-0.39, 0.29) is 18.4 Å². The van der Waals surface area contributed by atoms with Gasteiger partial charge in [0.2, 0.25) is 0 Å². The fraction of sp³-hybridized carbons (Fsp3) is 0.333. The molecule has 0 spiro atoms. The topological polar surface area (TPSA) is 58.6 Å². The molecule has 6 heteroatoms. The number of fused-ring (bicyclic) bond motifs is 1. The van der Waals surface area contributed by atoms with E-state index in [1.165, 1.54) is 21.8 Å². The molecule has 126 valence electrons. The van der Waals surface area contributed by atoms with Gasteiger partial charge in [-0.3, -0.25) is 9.59 Å². The van der Waals surface area contributed by atoms with Gasteiger partial charge in [0.25, 0.3) is 11.8 Å². The third-order valence-corrected chi connectivity index (χ3v) is 5.16. The Labute approximate surface area is 145 Å². The quantitative estimate of drug-likeness (QED) is 0.907. The summed E-state index contributed by atoms with van der Waals surface area (Å²) >= 11 is 1.58. The van der Waals surface area contributed by atoms with Gasteiger partial charge in [0.15, 0.2) is 6.61 Å². The smallest absolute Gasteiger partial charge is 0.265 e. The lowest BCUT2D eigenvalue weighted by atomic mass is 10.2. The Bertz CT molecular complexity index is 746. The zero-order valence-corrected chi connectivity index (χ0v) is 14.6. The highest BCUT2D eigenvalue weighted by Crippen LogP contribution is 2.31. The first-order valence-electron chi connectivity index (χ1n) is 7.89. The molecule has 0 unspecified atom stereocenters. The van der Waals surface area contributed by atoms with Crippen molar-refractivity contribution < 1.29 is 14.3 Å². The van der Waals surface area contributed by atoms with Gasteiger partial charge in [0.05, 0.1) is 4.88 Å². The number of hydrogen-bond donors (Lipinski definition) is 1. The van der Waals surface area contributed by atoms with E-state index >= 15 is 0 Å². The lowest BCUT2D eigenvalue weighted by Crippen LogP contribution is -2.27. The molecule has 1 heterocycles. The summed E-state index contributed by atoms with van der Waals surface area (Å²) in [6.45, 7) is -0.0257. The number of ether oxygens (including phenoxy) is 1. The van der Waals surface area contributed by atoms with Crippen LogP contribution >= 0.6 is 11.3 Å². The van der Waals surface area contributed by atoms with Gasteiger partial charge in [-0.1, -0.05) is 6.07 Å². The molecule has 0 saturated heterocycles. The zero-order valence-electron chi connectivity index (χ0n) is 13.8. The number of amides is 2. The Morgan fingerprint density at radius 1 is 1.25 bits per heavy atom. The minimum Gasteiger partial charge on any atom is -0.484 e. The molecule has 5 nitrogen and oxygen atoms in total. The van der Waals surface area contributed by atoms with Gasteiger partial charge in [-0.2, -0.15) is 0 Å². The highest BCUT2D eigenvalue weighted by molar-refractivity contribution is 7.14. The molecule has 0 fully saturated rings. The first-order chi connectivity index (χ1) is 11.5. The number of nitrogens with one attached hydrogen (secondary N) is 1. The summed E-state index contributed by atoms with van der Waals surface area (Å²) in [5.74, 6) is 0.338. The predicted octanol–water partition coefficient (Wildman–Crippen LogP) is 2.96. The Kier molecular flexibility index (Phi) is 4.85. The minimum absolute atomic E-state index is 0.0257. The van der Waals surface area contributed by atoms with E-state index in [2.05, 4.69) is 5.32 Å². The molecular formula is C18H20N2O3S. The van der Waals surface area contributed by atoms with Gasteiger partial charge in [0.1, 0.15) is 5.75 Å². The Hall–Kier alpha value is -2.34. The molecule has 0 bridgehead atoms. The molecule has 0 atom stereocenters. The van der Waals surface area contributed by atoms with Gasteiger partial charge in [0, 0.05) is 30.7 Å². The van der Waals surface area contributed by atoms with Crippen LogP contribution in [0.3, 0.4) is 0 Å². The number of anilines is 1. The van der Waals surface area contributed by atoms with Crippen LogP contribution in [0.15, 0.2) is 30.3 Å². The maximum Gasteiger partial charge on any atom is 0.265 e. The first kappa shape index (κ1) is 16.5. The van der Waals surface area contributed by atoms with E-state index < -0.39 is 0 Å². The normalized spacial score (nSPS) is 12.6. The van der Waals surface area contributed by atoms with Crippen LogP contribution in [0, 0.1) is 0 Å². The van der Waals surface area contributed by atoms with Crippen LogP contribution in [0.25, 0.3) is 0 Å². The Morgan fingerprint density at radius 3 is 2.83 bits per heavy atom. The van der Waals surface area contributed by atoms with Gasteiger partial charge >= 0.3 is 0 Å². The van der Waals surface area contributed by atoms with E-state index in [1.54, 1.807) is 49.7 Å². The maximum absolute atomic E-state index is 12.4. The highest BCUT2D eigenvalue weighted by Gasteiger charge is 2.18. The molecule has 1 aromatic heterocycles. The van der Waals surface area contributed by atoms with Crippen molar-refractivity contribution in [1.29, 1.82) is 0 Å². The van der Waals surface area contributed by atoms with Crippen LogP contribution in [0.5, 0.6) is 5.75 Å². The average Bonchev–Trinajstić information content (AvgIpc) is 3.14. The van der Waals surface area contributed by atoms with Gasteiger partial charge < -0.3 is 15.0 Å². The molecule has 2 aromatic rings. The number of carbonyl (C=O) groups excluding carboxylic acids is 2. The van der Waals surface area contributed by atoms with Crippen molar-refractivity contribution in [3.8, 4) is 5.75 Å². The molecule has 2 amide bonds. The van der Waals surface area contributed by atoms with Crippen molar-refractivity contribution in [2.75, 3.05) is 26.0 Å². The maximum atomic E-state index is 12.4. The Balaban J connectivity index is 1.63. The number of benzene rings is 1. The number of carbonyl (C=O) groups is 2. The number of aryl methyl sites for hydroxylation is 2. The average molecular weight is 344 g/mol. The Morgan fingerprint density at radius 2 is 2.08 bits per heavy atom. The van der Waals surface area contributed by atoms with E-state index in [9.17, 15) is 9.59 Å². The molecule has 3 rings (SSSR count). The summed E-state index contributed by atoms with van der Waals surface area (Å²) in [6, 6.07) is 9.08. The van der Waals surface area contributed by atoms with Crippen LogP contribution in [0.2, 0.25) is 0 Å². The third-order valence-electron chi connectivity index (χ3n) is 3.92. The van der Waals surface area contributed by atoms with Crippen molar-refractivity contribution in [3.05, 3.63) is 45.6 Å². The second kappa shape index (κ2) is 7.05. The monoisotopic (exact) mass is 344 g/mol. The number of likely N-dealkylation sites (N-methyl/N-ethyl adjacent to an activating group) is 1. The van der Waals surface area contributed by atoms with Crippen molar-refractivity contribution in [3.63, 3.8) is 0 Å². The number of thiophene rings is 1. The molecule has 1 aliphatic carbocycles. The summed E-state index contributed by atoms with van der Waals surface area (Å²) in [5, 5.41) is 2.89. The van der Waals surface area contributed by atoms with E-state index in [0.717, 1.165) is 17.7 Å². The number of hydrogen-bond acceptors (Lipinski definition) is 4. The number of rotatable bonds is 5. The van der Waals surface area contributed by atoms with Crippen molar-refractivity contribution >= 4 is 28.8 Å². The summed E-state index contributed by atoms with van der Waals surface area (Å²) in [6.07, 6.45) is 3.34. The molecule has 1 N–H and O–H groups in total. The van der Waals surface area contributed by atoms with Crippen molar-refractivity contribution in [2.45, 2.75) is 19.3 Å². The lowest BCUT2D eigenvalue weighted by Gasteiger charge is -2.12. The van der Waals surface area contributed by atoms with Gasteiger partial charge in [-0.15, -0.1) is 11.3 Å². The largest absolute Gasteiger partial charge is 0.484 e. The summed E-state index contributed by atoms with van der Waals surface area (Å²) in [7, 11) is 3.36. The SMILES string of the molecule is CN(C)C(=O)COc1cccc(NC(=O)c2cc3c(s2)CCC3)c1. The third kappa shape index (κ3) is 3.76. The van der Waals surface area contributed by atoms with E-state index in [0.29, 0.717) is 11.4 Å². The molecule has 0 aliphatic heterocycles. The highest BCUT2D eigenvalue weighted by atomic mass is 32.1. The minimum atomic E-state index is -0.113. The second-order valence-corrected chi connectivity index (χ2v) is 7.11. The van der Waals surface area contributed by atoms with Crippen LogP contribution in [0.4, 0.5) is 5.69 Å². The fourth-order valence-corrected chi connectivity index (χ4v) is 3.72. The molecule has 24 heavy (non-hydrogen) atoms. The molecule has 0 radical (unpaired) electrons. The van der Waals surface area contributed by atoms with Crippen molar-refractivity contribution in [2.24, 2.45) is 0 Å². The number of nitrogens with zero attached hydrogens (tertiary/aromatic N) is 1.